The maximum atomic E-state index is 15.4. The Kier molecular flexibility index (Phi) is 6.72. The molecule has 0 unspecified atom stereocenters. The summed E-state index contributed by atoms with van der Waals surface area (Å²) >= 11 is 3.22. The lowest BCUT2D eigenvalue weighted by atomic mass is 9.81. The highest BCUT2D eigenvalue weighted by Gasteiger charge is 2.50. The van der Waals surface area contributed by atoms with Gasteiger partial charge in [-0.2, -0.15) is 5.10 Å². The summed E-state index contributed by atoms with van der Waals surface area (Å²) < 4.78 is 42.9. The van der Waals surface area contributed by atoms with E-state index in [1.54, 1.807) is 37.4 Å². The summed E-state index contributed by atoms with van der Waals surface area (Å²) in [5, 5.41) is 19.9. The van der Waals surface area contributed by atoms with Crippen LogP contribution in [-0.4, -0.2) is 51.9 Å². The van der Waals surface area contributed by atoms with Gasteiger partial charge in [-0.25, -0.2) is 18.4 Å². The van der Waals surface area contributed by atoms with Crippen molar-refractivity contribution < 1.29 is 33.0 Å². The smallest absolute Gasteiger partial charge is 0.251 e. The fourth-order valence-electron chi connectivity index (χ4n) is 5.93. The number of hydrogen-bond donors (Lipinski definition) is 3. The van der Waals surface area contributed by atoms with Gasteiger partial charge in [-0.1, -0.05) is 6.07 Å². The van der Waals surface area contributed by atoms with Gasteiger partial charge in [0, 0.05) is 41.1 Å². The number of carbonyl (C=O) groups is 2. The molecule has 10 nitrogen and oxygen atoms in total. The maximum Gasteiger partial charge on any atom is 0.251 e. The number of nitrogens with two attached hydrogens (primary N) is 1. The summed E-state index contributed by atoms with van der Waals surface area (Å²) in [5.41, 5.74) is 4.30. The molecule has 3 aliphatic rings. The number of alkyl halides is 1. The van der Waals surface area contributed by atoms with Crippen molar-refractivity contribution in [1.82, 2.24) is 20.1 Å². The molecule has 0 bridgehead atoms. The minimum Gasteiger partial charge on any atom is -0.494 e. The number of amides is 2. The highest BCUT2D eigenvalue weighted by molar-refractivity contribution is 9.10. The first-order valence-corrected chi connectivity index (χ1v) is 15.4. The molecule has 3 heterocycles. The summed E-state index contributed by atoms with van der Waals surface area (Å²) in [6.07, 6.45) is 3.62. The molecule has 2 amide bonds. The van der Waals surface area contributed by atoms with Crippen LogP contribution in [0.1, 0.15) is 54.2 Å². The summed E-state index contributed by atoms with van der Waals surface area (Å²) in [6.45, 7) is 1.32. The highest BCUT2D eigenvalue weighted by atomic mass is 79.9. The Morgan fingerprint density at radius 1 is 1.29 bits per heavy atom. The molecule has 234 valence electrons. The molecule has 7 rings (SSSR count). The van der Waals surface area contributed by atoms with Crippen molar-refractivity contribution in [2.75, 3.05) is 20.3 Å². The lowest BCUT2D eigenvalue weighted by Gasteiger charge is -2.30. The van der Waals surface area contributed by atoms with Crippen LogP contribution >= 0.6 is 15.9 Å². The topological polar surface area (TPSA) is 142 Å². The molecule has 2 saturated carbocycles. The molecule has 2 fully saturated rings. The number of rotatable bonds is 9. The van der Waals surface area contributed by atoms with Gasteiger partial charge in [0.2, 0.25) is 11.7 Å². The molecule has 0 radical (unpaired) electrons. The first kappa shape index (κ1) is 29.6. The Hall–Kier alpha value is -4.10. The molecule has 2 atom stereocenters. The average molecular weight is 683 g/mol. The molecular formula is C32H30BrF2N5O5. The Morgan fingerprint density at radius 2 is 2.04 bits per heavy atom. The molecule has 2 aliphatic carbocycles. The Morgan fingerprint density at radius 3 is 2.71 bits per heavy atom. The molecular weight excluding hydrogens is 652 g/mol. The minimum atomic E-state index is -1.67. The number of hydrogen-bond acceptors (Lipinski definition) is 7. The highest BCUT2D eigenvalue weighted by Crippen LogP contribution is 2.50. The zero-order valence-electron chi connectivity index (χ0n) is 24.5. The second-order valence-electron chi connectivity index (χ2n) is 12.3. The van der Waals surface area contributed by atoms with Crippen LogP contribution in [0.5, 0.6) is 11.5 Å². The van der Waals surface area contributed by atoms with Crippen molar-refractivity contribution in [3.05, 3.63) is 69.7 Å². The van der Waals surface area contributed by atoms with Gasteiger partial charge < -0.3 is 25.6 Å². The average Bonchev–Trinajstić information content (AvgIpc) is 3.94. The van der Waals surface area contributed by atoms with Crippen LogP contribution < -0.4 is 20.5 Å². The first-order valence-electron chi connectivity index (χ1n) is 14.6. The van der Waals surface area contributed by atoms with E-state index >= 15 is 4.39 Å². The summed E-state index contributed by atoms with van der Waals surface area (Å²) in [6, 6.07) is 9.41. The van der Waals surface area contributed by atoms with Crippen molar-refractivity contribution in [3.63, 3.8) is 0 Å². The number of methoxy groups -OCH3 is 1. The quantitative estimate of drug-likeness (QED) is 0.235. The lowest BCUT2D eigenvalue weighted by molar-refractivity contribution is -0.123. The number of aromatic nitrogens is 3. The van der Waals surface area contributed by atoms with Gasteiger partial charge in [0.05, 0.1) is 23.8 Å². The minimum absolute atomic E-state index is 0.0750. The molecule has 2 aromatic carbocycles. The van der Waals surface area contributed by atoms with Crippen molar-refractivity contribution in [3.8, 4) is 22.8 Å². The summed E-state index contributed by atoms with van der Waals surface area (Å²) in [4.78, 5) is 30.9. The normalized spacial score (nSPS) is 21.1. The van der Waals surface area contributed by atoms with Crippen molar-refractivity contribution >= 4 is 38.6 Å². The Labute approximate surface area is 265 Å². The number of halogens is 3. The number of aliphatic hydroxyl groups is 1. The van der Waals surface area contributed by atoms with E-state index in [1.807, 2.05) is 0 Å². The molecule has 0 saturated heterocycles. The molecule has 45 heavy (non-hydrogen) atoms. The largest absolute Gasteiger partial charge is 0.494 e. The van der Waals surface area contributed by atoms with E-state index in [1.165, 1.54) is 23.9 Å². The van der Waals surface area contributed by atoms with Crippen molar-refractivity contribution in [2.45, 2.75) is 49.4 Å². The van der Waals surface area contributed by atoms with Gasteiger partial charge in [-0.3, -0.25) is 9.59 Å². The van der Waals surface area contributed by atoms with Crippen LogP contribution in [0.3, 0.4) is 0 Å². The molecule has 2 aromatic heterocycles. The van der Waals surface area contributed by atoms with Crippen molar-refractivity contribution in [2.24, 2.45) is 11.7 Å². The molecule has 0 spiro atoms. The number of primary amides is 1. The summed E-state index contributed by atoms with van der Waals surface area (Å²) in [7, 11) is 1.44. The van der Waals surface area contributed by atoms with E-state index in [0.29, 0.717) is 47.9 Å². The van der Waals surface area contributed by atoms with Crippen LogP contribution in [0, 0.1) is 11.7 Å². The van der Waals surface area contributed by atoms with Crippen LogP contribution in [0.25, 0.3) is 22.2 Å². The third kappa shape index (κ3) is 4.75. The van der Waals surface area contributed by atoms with E-state index in [9.17, 15) is 19.1 Å². The van der Waals surface area contributed by atoms with Crippen LogP contribution in [-0.2, 0) is 21.6 Å². The Balaban J connectivity index is 1.26. The second kappa shape index (κ2) is 10.2. The zero-order valence-corrected chi connectivity index (χ0v) is 26.1. The van der Waals surface area contributed by atoms with Gasteiger partial charge in [-0.05, 0) is 71.9 Å². The zero-order chi connectivity index (χ0) is 31.9. The van der Waals surface area contributed by atoms with Crippen molar-refractivity contribution in [1.29, 1.82) is 0 Å². The molecule has 4 N–H and O–H groups in total. The number of fused-ring (bicyclic) bond motifs is 2. The van der Waals surface area contributed by atoms with Gasteiger partial charge in [-0.15, -0.1) is 0 Å². The maximum absolute atomic E-state index is 15.4. The third-order valence-corrected chi connectivity index (χ3v) is 9.78. The fraction of sp³-hybridized carbons (Fsp3) is 0.375. The SMILES string of the molecule is COc1cc(C(=O)NC[C@](O)(c2cc3c(c(-c4cccc(Br)c4F)n2)OC[C@]3(C)C(N)=O)C2CC2)cc2cn(C3(F)CC3)nc12. The monoisotopic (exact) mass is 681 g/mol. The first-order chi connectivity index (χ1) is 21.4. The van der Waals surface area contributed by atoms with Gasteiger partial charge in [0.1, 0.15) is 46.1 Å². The number of benzene rings is 2. The van der Waals surface area contributed by atoms with E-state index in [-0.39, 0.29) is 51.8 Å². The standard InChI is InChI=1S/C32H30BrF2N5O5/c1-30(29(36)42)15-45-27-20(30)12-23(38-26(27)19-4-3-5-21(33)24(19)34)32(43,18-6-7-18)14-37-28(41)16-10-17-13-40(31(35)8-9-31)39-25(17)22(11-16)44-2/h3-5,10-13,18,43H,6-9,14-15H2,1-2H3,(H2,36,42)(H,37,41)/t30-,32+/m0/s1. The van der Waals surface area contributed by atoms with Crippen LogP contribution in [0.15, 0.2) is 47.1 Å². The lowest BCUT2D eigenvalue weighted by Crippen LogP contribution is -2.44. The fourth-order valence-corrected chi connectivity index (χ4v) is 6.29. The number of nitrogens with zero attached hydrogens (tertiary/aromatic N) is 3. The Bertz CT molecular complexity index is 1910. The van der Waals surface area contributed by atoms with Crippen LogP contribution in [0.4, 0.5) is 8.78 Å². The third-order valence-electron chi connectivity index (χ3n) is 9.17. The predicted molar refractivity (Wildman–Crippen MR) is 163 cm³/mol. The van der Waals surface area contributed by atoms with E-state index in [2.05, 4.69) is 26.3 Å². The molecule has 13 heteroatoms. The van der Waals surface area contributed by atoms with E-state index in [4.69, 9.17) is 20.2 Å². The number of ether oxygens (including phenoxy) is 2. The summed E-state index contributed by atoms with van der Waals surface area (Å²) in [5.74, 6) is -3.00. The van der Waals surface area contributed by atoms with Gasteiger partial charge in [0.25, 0.3) is 5.91 Å². The molecule has 4 aromatic rings. The number of nitrogens with one attached hydrogen (secondary N) is 1. The second-order valence-corrected chi connectivity index (χ2v) is 13.2. The molecule has 1 aliphatic heterocycles. The van der Waals surface area contributed by atoms with E-state index < -0.39 is 34.4 Å². The van der Waals surface area contributed by atoms with E-state index in [0.717, 1.165) is 0 Å². The number of carbonyl (C=O) groups excluding carboxylic acids is 2. The van der Waals surface area contributed by atoms with Gasteiger partial charge >= 0.3 is 0 Å². The number of pyridine rings is 1. The van der Waals surface area contributed by atoms with Gasteiger partial charge in [0.15, 0.2) is 0 Å². The van der Waals surface area contributed by atoms with Crippen LogP contribution in [0.2, 0.25) is 0 Å². The predicted octanol–water partition coefficient (Wildman–Crippen LogP) is 4.59.